The fraction of sp³-hybridized carbons (Fsp3) is 0.714. The number of hydrazine groups is 1. The van der Waals surface area contributed by atoms with Crippen molar-refractivity contribution in [3.05, 3.63) is 11.9 Å². The average molecular weight is 279 g/mol. The lowest BCUT2D eigenvalue weighted by atomic mass is 9.85. The molecule has 2 atom stereocenters. The molecule has 1 aromatic rings. The molecule has 0 spiro atoms. The van der Waals surface area contributed by atoms with E-state index in [9.17, 15) is 5.11 Å². The maximum atomic E-state index is 9.51. The number of aliphatic hydroxyl groups is 1. The van der Waals surface area contributed by atoms with Crippen LogP contribution in [0.3, 0.4) is 0 Å². The molecule has 1 heterocycles. The number of anilines is 2. The average Bonchev–Trinajstić information content (AvgIpc) is 2.49. The Hall–Kier alpha value is -1.40. The molecule has 112 valence electrons. The maximum Gasteiger partial charge on any atom is 0.148 e. The molecule has 20 heavy (non-hydrogen) atoms. The second-order valence-corrected chi connectivity index (χ2v) is 5.42. The van der Waals surface area contributed by atoms with Crippen LogP contribution in [0.2, 0.25) is 0 Å². The zero-order chi connectivity index (χ0) is 14.4. The summed E-state index contributed by atoms with van der Waals surface area (Å²) < 4.78 is 0. The van der Waals surface area contributed by atoms with Crippen molar-refractivity contribution in [1.82, 2.24) is 9.97 Å². The van der Waals surface area contributed by atoms with Crippen molar-refractivity contribution in [2.75, 3.05) is 17.3 Å². The van der Waals surface area contributed by atoms with Crippen LogP contribution in [0, 0.1) is 5.92 Å². The van der Waals surface area contributed by atoms with Crippen molar-refractivity contribution >= 4 is 11.6 Å². The number of rotatable bonds is 6. The van der Waals surface area contributed by atoms with Crippen LogP contribution in [-0.2, 0) is 6.42 Å². The van der Waals surface area contributed by atoms with E-state index in [0.29, 0.717) is 11.7 Å². The largest absolute Gasteiger partial charge is 0.396 e. The topological polar surface area (TPSA) is 96.1 Å². The Morgan fingerprint density at radius 1 is 1.30 bits per heavy atom. The van der Waals surface area contributed by atoms with Gasteiger partial charge in [0.05, 0.1) is 0 Å². The van der Waals surface area contributed by atoms with Gasteiger partial charge in [0, 0.05) is 24.1 Å². The van der Waals surface area contributed by atoms with E-state index in [2.05, 4.69) is 27.6 Å². The molecule has 1 fully saturated rings. The quantitative estimate of drug-likeness (QED) is 0.467. The number of aromatic nitrogens is 2. The van der Waals surface area contributed by atoms with Crippen LogP contribution in [0.15, 0.2) is 6.33 Å². The molecule has 6 heteroatoms. The third-order valence-electron chi connectivity index (χ3n) is 4.05. The maximum absolute atomic E-state index is 9.51. The normalized spacial score (nSPS) is 22.6. The number of aliphatic hydroxyl groups excluding tert-OH is 1. The van der Waals surface area contributed by atoms with E-state index in [1.54, 1.807) is 0 Å². The summed E-state index contributed by atoms with van der Waals surface area (Å²) in [5.74, 6) is 7.36. The molecular formula is C14H25N5O. The van der Waals surface area contributed by atoms with Gasteiger partial charge in [-0.2, -0.15) is 0 Å². The number of nitrogen functional groups attached to an aromatic ring is 1. The molecule has 1 aliphatic carbocycles. The summed E-state index contributed by atoms with van der Waals surface area (Å²) in [6.45, 7) is 2.35. The van der Waals surface area contributed by atoms with Gasteiger partial charge in [0.15, 0.2) is 0 Å². The molecule has 5 N–H and O–H groups in total. The molecule has 0 aromatic carbocycles. The van der Waals surface area contributed by atoms with Crippen molar-refractivity contribution in [2.45, 2.75) is 51.5 Å². The van der Waals surface area contributed by atoms with Gasteiger partial charge in [-0.05, 0) is 19.3 Å². The van der Waals surface area contributed by atoms with Crippen LogP contribution >= 0.6 is 0 Å². The first-order valence-electron chi connectivity index (χ1n) is 7.48. The summed E-state index contributed by atoms with van der Waals surface area (Å²) >= 11 is 0. The summed E-state index contributed by atoms with van der Waals surface area (Å²) in [6.07, 6.45) is 7.95. The Morgan fingerprint density at radius 2 is 2.05 bits per heavy atom. The van der Waals surface area contributed by atoms with Crippen LogP contribution in [0.25, 0.3) is 0 Å². The monoisotopic (exact) mass is 279 g/mol. The van der Waals surface area contributed by atoms with Crippen molar-refractivity contribution in [3.63, 3.8) is 0 Å². The van der Waals surface area contributed by atoms with Crippen LogP contribution in [0.1, 0.15) is 44.6 Å². The number of nitrogens with zero attached hydrogens (tertiary/aromatic N) is 2. The lowest BCUT2D eigenvalue weighted by Crippen LogP contribution is -2.35. The third kappa shape index (κ3) is 3.37. The van der Waals surface area contributed by atoms with Crippen molar-refractivity contribution in [3.8, 4) is 0 Å². The lowest BCUT2D eigenvalue weighted by Gasteiger charge is -2.32. The Labute approximate surface area is 120 Å². The van der Waals surface area contributed by atoms with E-state index in [4.69, 9.17) is 5.84 Å². The van der Waals surface area contributed by atoms with E-state index in [1.165, 1.54) is 19.2 Å². The summed E-state index contributed by atoms with van der Waals surface area (Å²) in [7, 11) is 0. The van der Waals surface area contributed by atoms with Gasteiger partial charge in [-0.25, -0.2) is 15.8 Å². The molecule has 2 rings (SSSR count). The highest BCUT2D eigenvalue weighted by Crippen LogP contribution is 2.29. The Morgan fingerprint density at radius 3 is 2.75 bits per heavy atom. The summed E-state index contributed by atoms with van der Waals surface area (Å²) in [4.78, 5) is 8.54. The van der Waals surface area contributed by atoms with Crippen molar-refractivity contribution < 1.29 is 5.11 Å². The Kier molecular flexibility index (Phi) is 5.55. The number of nitrogens with one attached hydrogen (secondary N) is 2. The molecule has 0 bridgehead atoms. The van der Waals surface area contributed by atoms with Crippen molar-refractivity contribution in [2.24, 2.45) is 11.8 Å². The van der Waals surface area contributed by atoms with Gasteiger partial charge in [0.1, 0.15) is 18.0 Å². The highest BCUT2D eigenvalue weighted by Gasteiger charge is 2.25. The first-order valence-corrected chi connectivity index (χ1v) is 7.48. The molecule has 1 saturated carbocycles. The minimum Gasteiger partial charge on any atom is -0.396 e. The molecule has 1 aliphatic rings. The van der Waals surface area contributed by atoms with Crippen LogP contribution in [0.4, 0.5) is 11.6 Å². The smallest absolute Gasteiger partial charge is 0.148 e. The van der Waals surface area contributed by atoms with E-state index in [0.717, 1.165) is 37.1 Å². The molecule has 2 unspecified atom stereocenters. The zero-order valence-electron chi connectivity index (χ0n) is 12.1. The SMILES string of the molecule is CCCc1c(NN)ncnc1NC1CCCCC1CO. The van der Waals surface area contributed by atoms with Crippen LogP contribution in [0.5, 0.6) is 0 Å². The van der Waals surface area contributed by atoms with Gasteiger partial charge in [-0.3, -0.25) is 0 Å². The van der Waals surface area contributed by atoms with Crippen molar-refractivity contribution in [1.29, 1.82) is 0 Å². The standard InChI is InChI=1S/C14H25N5O/c1-2-5-11-13(16-9-17-14(11)19-15)18-12-7-4-3-6-10(12)8-20/h9-10,12,20H,2-8,15H2,1H3,(H2,16,17,18,19). The molecule has 0 radical (unpaired) electrons. The zero-order valence-corrected chi connectivity index (χ0v) is 12.1. The fourth-order valence-corrected chi connectivity index (χ4v) is 2.94. The Bertz CT molecular complexity index is 426. The first kappa shape index (κ1) is 15.0. The van der Waals surface area contributed by atoms with E-state index >= 15 is 0 Å². The van der Waals surface area contributed by atoms with Gasteiger partial charge >= 0.3 is 0 Å². The summed E-state index contributed by atoms with van der Waals surface area (Å²) in [5, 5.41) is 13.0. The van der Waals surface area contributed by atoms with E-state index < -0.39 is 0 Å². The molecule has 1 aromatic heterocycles. The molecule has 0 amide bonds. The minimum atomic E-state index is 0.230. The van der Waals surface area contributed by atoms with Gasteiger partial charge in [-0.15, -0.1) is 0 Å². The Balaban J connectivity index is 2.18. The second-order valence-electron chi connectivity index (χ2n) is 5.42. The number of nitrogens with two attached hydrogens (primary N) is 1. The first-order chi connectivity index (χ1) is 9.80. The van der Waals surface area contributed by atoms with Gasteiger partial charge in [0.25, 0.3) is 0 Å². The predicted octanol–water partition coefficient (Wildman–Crippen LogP) is 1.68. The van der Waals surface area contributed by atoms with Gasteiger partial charge in [-0.1, -0.05) is 26.2 Å². The van der Waals surface area contributed by atoms with Crippen LogP contribution in [-0.4, -0.2) is 27.7 Å². The van der Waals surface area contributed by atoms with Gasteiger partial charge in [0.2, 0.25) is 0 Å². The highest BCUT2D eigenvalue weighted by molar-refractivity contribution is 5.57. The highest BCUT2D eigenvalue weighted by atomic mass is 16.3. The molecular weight excluding hydrogens is 254 g/mol. The van der Waals surface area contributed by atoms with E-state index in [1.807, 2.05) is 0 Å². The predicted molar refractivity (Wildman–Crippen MR) is 80.3 cm³/mol. The fourth-order valence-electron chi connectivity index (χ4n) is 2.94. The summed E-state index contributed by atoms with van der Waals surface area (Å²) in [5.41, 5.74) is 3.67. The molecule has 0 saturated heterocycles. The van der Waals surface area contributed by atoms with Gasteiger partial charge < -0.3 is 15.8 Å². The molecule has 6 nitrogen and oxygen atoms in total. The number of hydrogen-bond acceptors (Lipinski definition) is 6. The van der Waals surface area contributed by atoms with E-state index in [-0.39, 0.29) is 12.6 Å². The van der Waals surface area contributed by atoms with Crippen LogP contribution < -0.4 is 16.6 Å². The number of hydrogen-bond donors (Lipinski definition) is 4. The second kappa shape index (κ2) is 7.40. The molecule has 0 aliphatic heterocycles. The third-order valence-corrected chi connectivity index (χ3v) is 4.05. The minimum absolute atomic E-state index is 0.230. The summed E-state index contributed by atoms with van der Waals surface area (Å²) in [6, 6.07) is 0.282. The lowest BCUT2D eigenvalue weighted by molar-refractivity contribution is 0.178.